The molecule has 0 fully saturated rings. The third-order valence-corrected chi connectivity index (χ3v) is 4.49. The second-order valence-electron chi connectivity index (χ2n) is 5.45. The van der Waals surface area contributed by atoms with E-state index < -0.39 is 0 Å². The number of hydrogen-bond donors (Lipinski definition) is 2. The number of carbonyl (C=O) groups excluding carboxylic acids is 1. The SMILES string of the molecule is Cc1nn2c(SCC(=O)Nc3ccc4c(c3)OCCO4)nnc2[nH]c1=O. The maximum atomic E-state index is 12.2. The van der Waals surface area contributed by atoms with E-state index in [2.05, 4.69) is 25.6 Å². The van der Waals surface area contributed by atoms with Crippen LogP contribution in [0.5, 0.6) is 11.5 Å². The van der Waals surface area contributed by atoms with Crippen LogP contribution >= 0.6 is 11.8 Å². The van der Waals surface area contributed by atoms with Crippen molar-refractivity contribution in [1.29, 1.82) is 0 Å². The molecule has 0 bridgehead atoms. The highest BCUT2D eigenvalue weighted by Crippen LogP contribution is 2.32. The highest BCUT2D eigenvalue weighted by molar-refractivity contribution is 7.99. The lowest BCUT2D eigenvalue weighted by atomic mass is 10.2. The maximum absolute atomic E-state index is 12.2. The minimum absolute atomic E-state index is 0.106. The minimum atomic E-state index is -0.321. The lowest BCUT2D eigenvalue weighted by Gasteiger charge is -2.18. The summed E-state index contributed by atoms with van der Waals surface area (Å²) in [5.41, 5.74) is 0.585. The lowest BCUT2D eigenvalue weighted by Crippen LogP contribution is -2.17. The number of aromatic amines is 1. The van der Waals surface area contributed by atoms with Crippen LogP contribution in [-0.2, 0) is 4.79 Å². The van der Waals surface area contributed by atoms with E-state index in [0.717, 1.165) is 11.8 Å². The normalized spacial score (nSPS) is 13.0. The fraction of sp³-hybridized carbons (Fsp3) is 0.267. The Morgan fingerprint density at radius 2 is 2.12 bits per heavy atom. The van der Waals surface area contributed by atoms with Gasteiger partial charge in [-0.1, -0.05) is 11.8 Å². The Balaban J connectivity index is 1.43. The van der Waals surface area contributed by atoms with E-state index >= 15 is 0 Å². The summed E-state index contributed by atoms with van der Waals surface area (Å²) < 4.78 is 12.3. The van der Waals surface area contributed by atoms with Crippen LogP contribution in [0.25, 0.3) is 5.78 Å². The Morgan fingerprint density at radius 3 is 2.96 bits per heavy atom. The molecule has 1 aromatic carbocycles. The van der Waals surface area contributed by atoms with Crippen molar-refractivity contribution >= 4 is 29.1 Å². The van der Waals surface area contributed by atoms with Crippen molar-refractivity contribution in [3.63, 3.8) is 0 Å². The number of amides is 1. The molecule has 3 aromatic rings. The van der Waals surface area contributed by atoms with Crippen molar-refractivity contribution in [2.24, 2.45) is 0 Å². The predicted octanol–water partition coefficient (Wildman–Crippen LogP) is 0.623. The Morgan fingerprint density at radius 1 is 1.31 bits per heavy atom. The predicted molar refractivity (Wildman–Crippen MR) is 92.9 cm³/mol. The van der Waals surface area contributed by atoms with E-state index in [4.69, 9.17) is 9.47 Å². The molecule has 2 N–H and O–H groups in total. The Kier molecular flexibility index (Phi) is 4.21. The zero-order chi connectivity index (χ0) is 18.1. The summed E-state index contributed by atoms with van der Waals surface area (Å²) in [6.45, 7) is 2.58. The van der Waals surface area contributed by atoms with Gasteiger partial charge in [0.05, 0.1) is 5.75 Å². The highest BCUT2D eigenvalue weighted by atomic mass is 32.2. The smallest absolute Gasteiger partial charge is 0.273 e. The fourth-order valence-electron chi connectivity index (χ4n) is 2.36. The molecule has 2 aromatic heterocycles. The van der Waals surface area contributed by atoms with Crippen LogP contribution in [0.1, 0.15) is 5.69 Å². The quantitative estimate of drug-likeness (QED) is 0.637. The van der Waals surface area contributed by atoms with E-state index in [0.29, 0.717) is 41.3 Å². The van der Waals surface area contributed by atoms with Crippen molar-refractivity contribution in [2.45, 2.75) is 12.1 Å². The molecule has 11 heteroatoms. The van der Waals surface area contributed by atoms with Crippen molar-refractivity contribution in [3.8, 4) is 11.5 Å². The molecule has 0 atom stereocenters. The van der Waals surface area contributed by atoms with Crippen molar-refractivity contribution in [3.05, 3.63) is 34.2 Å². The Labute approximate surface area is 150 Å². The summed E-state index contributed by atoms with van der Waals surface area (Å²) in [5, 5.41) is 15.1. The fourth-order valence-corrected chi connectivity index (χ4v) is 3.04. The first-order valence-corrected chi connectivity index (χ1v) is 8.73. The number of hydrogen-bond acceptors (Lipinski definition) is 8. The molecule has 4 rings (SSSR count). The van der Waals surface area contributed by atoms with Crippen LogP contribution in [0.15, 0.2) is 28.2 Å². The van der Waals surface area contributed by atoms with Crippen LogP contribution in [-0.4, -0.2) is 49.7 Å². The number of fused-ring (bicyclic) bond motifs is 2. The molecule has 0 radical (unpaired) electrons. The number of ether oxygens (including phenoxy) is 2. The molecule has 3 heterocycles. The third kappa shape index (κ3) is 3.20. The second kappa shape index (κ2) is 6.67. The molecule has 0 unspecified atom stereocenters. The van der Waals surface area contributed by atoms with E-state index in [1.807, 2.05) is 0 Å². The molecule has 0 saturated carbocycles. The first kappa shape index (κ1) is 16.4. The van der Waals surface area contributed by atoms with Crippen LogP contribution < -0.4 is 20.3 Å². The summed E-state index contributed by atoms with van der Waals surface area (Å²) in [6.07, 6.45) is 0. The zero-order valence-corrected chi connectivity index (χ0v) is 14.5. The first-order valence-electron chi connectivity index (χ1n) is 7.75. The van der Waals surface area contributed by atoms with E-state index in [9.17, 15) is 9.59 Å². The molecule has 0 aliphatic carbocycles. The molecular weight excluding hydrogens is 360 g/mol. The molecule has 134 valence electrons. The molecule has 0 saturated heterocycles. The molecule has 1 aliphatic heterocycles. The van der Waals surface area contributed by atoms with E-state index in [-0.39, 0.29) is 23.0 Å². The summed E-state index contributed by atoms with van der Waals surface area (Å²) in [4.78, 5) is 26.3. The molecule has 26 heavy (non-hydrogen) atoms. The topological polar surface area (TPSA) is 124 Å². The van der Waals surface area contributed by atoms with Crippen molar-refractivity contribution in [1.82, 2.24) is 24.8 Å². The molecule has 1 amide bonds. The highest BCUT2D eigenvalue weighted by Gasteiger charge is 2.14. The van der Waals surface area contributed by atoms with Gasteiger partial charge in [0.2, 0.25) is 11.1 Å². The third-order valence-electron chi connectivity index (χ3n) is 3.57. The average molecular weight is 374 g/mol. The van der Waals surface area contributed by atoms with Gasteiger partial charge < -0.3 is 14.8 Å². The summed E-state index contributed by atoms with van der Waals surface area (Å²) in [6, 6.07) is 5.23. The van der Waals surface area contributed by atoms with E-state index in [1.165, 1.54) is 4.52 Å². The van der Waals surface area contributed by atoms with E-state index in [1.54, 1.807) is 25.1 Å². The maximum Gasteiger partial charge on any atom is 0.273 e. The van der Waals surface area contributed by atoms with Gasteiger partial charge in [0.1, 0.15) is 18.9 Å². The number of anilines is 1. The number of nitrogens with zero attached hydrogens (tertiary/aromatic N) is 4. The van der Waals surface area contributed by atoms with Gasteiger partial charge in [-0.05, 0) is 19.1 Å². The van der Waals surface area contributed by atoms with Gasteiger partial charge >= 0.3 is 0 Å². The summed E-state index contributed by atoms with van der Waals surface area (Å²) >= 11 is 1.16. The number of thioether (sulfide) groups is 1. The monoisotopic (exact) mass is 374 g/mol. The summed E-state index contributed by atoms with van der Waals surface area (Å²) in [5.74, 6) is 1.39. The van der Waals surface area contributed by atoms with Crippen LogP contribution in [0.2, 0.25) is 0 Å². The van der Waals surface area contributed by atoms with Gasteiger partial charge in [0.15, 0.2) is 11.5 Å². The number of nitrogens with one attached hydrogen (secondary N) is 2. The molecular formula is C15H14N6O4S. The Hall–Kier alpha value is -3.08. The van der Waals surface area contributed by atoms with Crippen molar-refractivity contribution in [2.75, 3.05) is 24.3 Å². The number of carbonyl (C=O) groups is 1. The van der Waals surface area contributed by atoms with Crippen LogP contribution in [0.4, 0.5) is 5.69 Å². The van der Waals surface area contributed by atoms with Gasteiger partial charge in [-0.2, -0.15) is 9.61 Å². The van der Waals surface area contributed by atoms with Gasteiger partial charge in [0, 0.05) is 11.8 Å². The second-order valence-corrected chi connectivity index (χ2v) is 6.40. The van der Waals surface area contributed by atoms with Gasteiger partial charge in [-0.3, -0.25) is 14.6 Å². The number of H-pyrrole nitrogens is 1. The number of aromatic nitrogens is 5. The number of aryl methyl sites for hydroxylation is 1. The number of rotatable bonds is 4. The number of benzene rings is 1. The largest absolute Gasteiger partial charge is 0.486 e. The van der Waals surface area contributed by atoms with Crippen LogP contribution in [0, 0.1) is 6.92 Å². The van der Waals surface area contributed by atoms with Gasteiger partial charge in [0.25, 0.3) is 11.3 Å². The molecule has 0 spiro atoms. The van der Waals surface area contributed by atoms with Gasteiger partial charge in [-0.15, -0.1) is 10.2 Å². The Bertz CT molecular complexity index is 1050. The minimum Gasteiger partial charge on any atom is -0.486 e. The molecule has 1 aliphatic rings. The van der Waals surface area contributed by atoms with Crippen molar-refractivity contribution < 1.29 is 14.3 Å². The summed E-state index contributed by atoms with van der Waals surface area (Å²) in [7, 11) is 0. The molecule has 10 nitrogen and oxygen atoms in total. The van der Waals surface area contributed by atoms with Gasteiger partial charge in [-0.25, -0.2) is 0 Å². The van der Waals surface area contributed by atoms with Crippen LogP contribution in [0.3, 0.4) is 0 Å². The first-order chi connectivity index (χ1) is 12.6. The average Bonchev–Trinajstić information content (AvgIpc) is 3.02. The zero-order valence-electron chi connectivity index (χ0n) is 13.7. The lowest BCUT2D eigenvalue weighted by molar-refractivity contribution is -0.113. The standard InChI is InChI=1S/C15H14N6O4S/c1-8-13(23)17-14-18-19-15(21(14)20-8)26-7-12(22)16-9-2-3-10-11(6-9)25-5-4-24-10/h2-3,6H,4-5,7H2,1H3,(H,16,22)(H,17,18,23).